The van der Waals surface area contributed by atoms with Crippen molar-refractivity contribution >= 4 is 72.6 Å². The Bertz CT molecular complexity index is 2780. The van der Waals surface area contributed by atoms with E-state index in [1.165, 1.54) is 17.7 Å². The molecule has 5 aromatic rings. The van der Waals surface area contributed by atoms with Crippen molar-refractivity contribution in [3.63, 3.8) is 0 Å². The Hall–Kier alpha value is -5.72. The van der Waals surface area contributed by atoms with Crippen LogP contribution in [0.3, 0.4) is 0 Å². The van der Waals surface area contributed by atoms with Crippen LogP contribution in [0, 0.1) is 21.4 Å². The van der Waals surface area contributed by atoms with Crippen LogP contribution in [-0.4, -0.2) is 98.6 Å². The number of rotatable bonds is 12. The SMILES string of the molecule is C[C@@H]1CN(c2cc(N3CCC([C@@H](O)C4=C(c5ccc(Cl)cc5)CC(C)(C)CC4)CC3)ccc2C(=O)NS(=O)(=O)c2ccc(NC[C@@H]3COCCO3)c([N+](=O)[O-])c2)c2cc3cc[nH]c3nc2O1. The van der Waals surface area contributed by atoms with E-state index in [1.807, 2.05) is 54.3 Å². The Labute approximate surface area is 388 Å². The number of benzene rings is 3. The summed E-state index contributed by atoms with van der Waals surface area (Å²) in [6.07, 6.45) is 4.63. The Balaban J connectivity index is 0.997. The molecule has 348 valence electrons. The number of sulfonamides is 1. The molecular weight excluding hydrogens is 886 g/mol. The molecule has 4 N–H and O–H groups in total. The smallest absolute Gasteiger partial charge is 0.293 e. The van der Waals surface area contributed by atoms with Crippen LogP contribution in [0.25, 0.3) is 16.6 Å². The summed E-state index contributed by atoms with van der Waals surface area (Å²) in [4.78, 5) is 37.4. The first-order valence-corrected chi connectivity index (χ1v) is 24.2. The van der Waals surface area contributed by atoms with Crippen molar-refractivity contribution in [3.8, 4) is 5.88 Å². The molecule has 5 heterocycles. The van der Waals surface area contributed by atoms with Gasteiger partial charge in [-0.2, -0.15) is 4.98 Å². The van der Waals surface area contributed by atoms with Gasteiger partial charge < -0.3 is 39.4 Å². The van der Waals surface area contributed by atoms with E-state index in [1.54, 1.807) is 18.3 Å². The van der Waals surface area contributed by atoms with Gasteiger partial charge in [-0.25, -0.2) is 13.1 Å². The van der Waals surface area contributed by atoms with Crippen molar-refractivity contribution in [2.24, 2.45) is 11.3 Å². The molecule has 3 aromatic carbocycles. The summed E-state index contributed by atoms with van der Waals surface area (Å²) in [7, 11) is -4.62. The highest BCUT2D eigenvalue weighted by Crippen LogP contribution is 2.47. The summed E-state index contributed by atoms with van der Waals surface area (Å²) in [6.45, 7) is 9.43. The number of aromatic nitrogens is 2. The number of carbonyl (C=O) groups is 1. The number of aliphatic hydroxyl groups excluding tert-OH is 1. The molecule has 66 heavy (non-hydrogen) atoms. The molecule has 2 aromatic heterocycles. The molecule has 0 spiro atoms. The fourth-order valence-electron chi connectivity index (χ4n) is 9.60. The predicted molar refractivity (Wildman–Crippen MR) is 253 cm³/mol. The Kier molecular flexibility index (Phi) is 12.7. The number of pyridine rings is 1. The van der Waals surface area contributed by atoms with Gasteiger partial charge in [0.05, 0.1) is 59.6 Å². The normalized spacial score (nSPS) is 20.7. The maximum absolute atomic E-state index is 14.4. The molecule has 9 rings (SSSR count). The van der Waals surface area contributed by atoms with Crippen LogP contribution in [0.1, 0.15) is 68.8 Å². The highest BCUT2D eigenvalue weighted by atomic mass is 35.5. The summed E-state index contributed by atoms with van der Waals surface area (Å²) < 4.78 is 47.3. The number of hydrogen-bond acceptors (Lipinski definition) is 13. The van der Waals surface area contributed by atoms with E-state index in [0.717, 1.165) is 60.4 Å². The zero-order valence-electron chi connectivity index (χ0n) is 37.1. The second-order valence-electron chi connectivity index (χ2n) is 18.4. The minimum atomic E-state index is -4.62. The lowest BCUT2D eigenvalue weighted by atomic mass is 9.69. The van der Waals surface area contributed by atoms with Gasteiger partial charge in [-0.05, 0) is 122 Å². The van der Waals surface area contributed by atoms with Gasteiger partial charge in [0.2, 0.25) is 5.88 Å². The van der Waals surface area contributed by atoms with E-state index in [4.69, 9.17) is 30.8 Å². The van der Waals surface area contributed by atoms with Crippen LogP contribution < -0.4 is 24.6 Å². The predicted octanol–water partition coefficient (Wildman–Crippen LogP) is 8.23. The van der Waals surface area contributed by atoms with E-state index in [2.05, 4.69) is 33.8 Å². The Morgan fingerprint density at radius 2 is 1.85 bits per heavy atom. The van der Waals surface area contributed by atoms with Crippen molar-refractivity contribution < 1.29 is 37.5 Å². The maximum Gasteiger partial charge on any atom is 0.293 e. The number of carbonyl (C=O) groups excluding carboxylic acids is 1. The first-order valence-electron chi connectivity index (χ1n) is 22.4. The largest absolute Gasteiger partial charge is 0.471 e. The Morgan fingerprint density at radius 3 is 2.59 bits per heavy atom. The van der Waals surface area contributed by atoms with Crippen LogP contribution in [0.15, 0.2) is 89.5 Å². The van der Waals surface area contributed by atoms with Crippen LogP contribution in [0.4, 0.5) is 28.4 Å². The third kappa shape index (κ3) is 9.58. The molecule has 3 atom stereocenters. The van der Waals surface area contributed by atoms with Crippen LogP contribution in [0.2, 0.25) is 5.02 Å². The van der Waals surface area contributed by atoms with Gasteiger partial charge in [-0.1, -0.05) is 37.6 Å². The molecule has 1 amide bonds. The van der Waals surface area contributed by atoms with Gasteiger partial charge in [0.1, 0.15) is 23.1 Å². The highest BCUT2D eigenvalue weighted by molar-refractivity contribution is 7.90. The maximum atomic E-state index is 14.4. The van der Waals surface area contributed by atoms with Gasteiger partial charge in [-0.15, -0.1) is 0 Å². The number of nitro groups is 1. The lowest BCUT2D eigenvalue weighted by Crippen LogP contribution is -2.40. The lowest BCUT2D eigenvalue weighted by molar-refractivity contribution is -0.384. The minimum absolute atomic E-state index is 0.0393. The first-order chi connectivity index (χ1) is 31.6. The molecule has 18 heteroatoms. The minimum Gasteiger partial charge on any atom is -0.471 e. The quantitative estimate of drug-likeness (QED) is 0.0689. The number of fused-ring (bicyclic) bond motifs is 2. The van der Waals surface area contributed by atoms with Crippen molar-refractivity contribution in [3.05, 3.63) is 111 Å². The van der Waals surface area contributed by atoms with Crippen molar-refractivity contribution in [1.29, 1.82) is 0 Å². The molecule has 2 saturated heterocycles. The van der Waals surface area contributed by atoms with Gasteiger partial charge in [-0.3, -0.25) is 14.9 Å². The summed E-state index contributed by atoms with van der Waals surface area (Å²) in [5.74, 6) is -0.531. The number of H-pyrrole nitrogens is 1. The van der Waals surface area contributed by atoms with Crippen molar-refractivity contribution in [2.45, 2.75) is 76.1 Å². The number of nitrogens with zero attached hydrogens (tertiary/aromatic N) is 4. The molecule has 0 saturated carbocycles. The molecule has 0 bridgehead atoms. The molecule has 1 aliphatic carbocycles. The lowest BCUT2D eigenvalue weighted by Gasteiger charge is -2.40. The zero-order chi connectivity index (χ0) is 46.3. The third-order valence-corrected chi connectivity index (χ3v) is 14.7. The van der Waals surface area contributed by atoms with Gasteiger partial charge in [0, 0.05) is 48.0 Å². The molecule has 0 unspecified atom stereocenters. The average molecular weight is 941 g/mol. The highest BCUT2D eigenvalue weighted by Gasteiger charge is 2.36. The van der Waals surface area contributed by atoms with Crippen LogP contribution >= 0.6 is 11.6 Å². The van der Waals surface area contributed by atoms with E-state index < -0.39 is 37.5 Å². The fourth-order valence-corrected chi connectivity index (χ4v) is 10.7. The first kappa shape index (κ1) is 45.4. The van der Waals surface area contributed by atoms with E-state index in [-0.39, 0.29) is 41.3 Å². The third-order valence-electron chi connectivity index (χ3n) is 13.2. The number of nitrogens with one attached hydrogen (secondary N) is 3. The zero-order valence-corrected chi connectivity index (χ0v) is 38.7. The summed E-state index contributed by atoms with van der Waals surface area (Å²) in [6, 6.07) is 20.4. The van der Waals surface area contributed by atoms with Crippen LogP contribution in [0.5, 0.6) is 5.88 Å². The van der Waals surface area contributed by atoms with E-state index in [0.29, 0.717) is 67.4 Å². The number of allylic oxidation sites excluding steroid dienone is 1. The van der Waals surface area contributed by atoms with Crippen LogP contribution in [-0.2, 0) is 19.5 Å². The monoisotopic (exact) mass is 939 g/mol. The topological polar surface area (TPSA) is 201 Å². The van der Waals surface area contributed by atoms with Gasteiger partial charge in [0.25, 0.3) is 21.6 Å². The number of anilines is 4. The van der Waals surface area contributed by atoms with E-state index >= 15 is 0 Å². The summed E-state index contributed by atoms with van der Waals surface area (Å²) in [5.41, 5.74) is 5.67. The molecule has 4 aliphatic rings. The average Bonchev–Trinajstić information content (AvgIpc) is 3.77. The summed E-state index contributed by atoms with van der Waals surface area (Å²) in [5, 5.41) is 28.7. The van der Waals surface area contributed by atoms with E-state index in [9.17, 15) is 28.4 Å². The number of nitro benzene ring substituents is 1. The number of ether oxygens (including phenoxy) is 3. The molecular formula is C48H54ClN7O9S. The number of aliphatic hydroxyl groups is 1. The van der Waals surface area contributed by atoms with Crippen molar-refractivity contribution in [1.82, 2.24) is 14.7 Å². The Morgan fingerprint density at radius 1 is 1.06 bits per heavy atom. The molecule has 0 radical (unpaired) electrons. The molecule has 2 fully saturated rings. The second kappa shape index (κ2) is 18.5. The van der Waals surface area contributed by atoms with Gasteiger partial charge in [0.15, 0.2) is 0 Å². The summed E-state index contributed by atoms with van der Waals surface area (Å²) >= 11 is 6.26. The number of amides is 1. The molecule has 16 nitrogen and oxygen atoms in total. The second-order valence-corrected chi connectivity index (χ2v) is 20.5. The number of piperidine rings is 1. The molecule has 3 aliphatic heterocycles. The standard InChI is InChI=1S/C48H54ClN7O9S/c1-29-27-55(43-22-32-13-17-50-45(32)52-47(43)65-29)41-23-34(54-18-14-31(15-19-54)44(57)37-12-16-48(2,3)25-39(37)30-4-6-33(49)7-5-30)8-10-38(41)46(58)53-66(61,62)36-9-11-40(42(24-36)56(59)60)51-26-35-28-63-20-21-64-35/h4-11,13,17,22-24,29,31,35,44,51,57H,12,14-16,18-21,25-28H2,1-3H3,(H,50,52)(H,53,58)/t29-,35-,44-/m1/s1. The van der Waals surface area contributed by atoms with Gasteiger partial charge >= 0.3 is 0 Å². The number of aromatic amines is 1. The fraction of sp³-hybridized carbons (Fsp3) is 0.417. The number of hydrogen-bond donors (Lipinski definition) is 4. The number of halogens is 1. The van der Waals surface area contributed by atoms with Crippen molar-refractivity contribution in [2.75, 3.05) is 61.1 Å².